The van der Waals surface area contributed by atoms with Crippen molar-refractivity contribution in [1.29, 1.82) is 0 Å². The van der Waals surface area contributed by atoms with E-state index >= 15 is 0 Å². The molecule has 0 aromatic heterocycles. The van der Waals surface area contributed by atoms with Gasteiger partial charge in [0.05, 0.1) is 23.1 Å². The molecule has 2 aromatic rings. The van der Waals surface area contributed by atoms with Crippen molar-refractivity contribution in [3.8, 4) is 0 Å². The number of benzene rings is 2. The normalized spacial score (nSPS) is 23.2. The lowest BCUT2D eigenvalue weighted by Crippen LogP contribution is -2.45. The summed E-state index contributed by atoms with van der Waals surface area (Å²) in [5.74, 6) is 0.0803. The monoisotopic (exact) mass is 556 g/mol. The highest BCUT2D eigenvalue weighted by atomic mass is 19.4. The lowest BCUT2D eigenvalue weighted by Gasteiger charge is -2.37. The fraction of sp³-hybridized carbons (Fsp3) is 0.552. The van der Waals surface area contributed by atoms with Crippen molar-refractivity contribution in [1.82, 2.24) is 10.2 Å². The summed E-state index contributed by atoms with van der Waals surface area (Å²) in [6, 6.07) is 10.2. The number of carbonyl (C=O) groups is 1. The Morgan fingerprint density at radius 3 is 2.10 bits per heavy atom. The largest absolute Gasteiger partial charge is 0.416 e. The topological polar surface area (TPSA) is 41.6 Å². The minimum atomic E-state index is -4.94. The van der Waals surface area contributed by atoms with Crippen molar-refractivity contribution in [2.45, 2.75) is 69.9 Å². The first-order valence-electron chi connectivity index (χ1n) is 13.2. The van der Waals surface area contributed by atoms with Gasteiger partial charge in [-0.15, -0.1) is 0 Å². The average molecular weight is 557 g/mol. The molecule has 1 N–H and O–H groups in total. The Bertz CT molecular complexity index is 1110. The predicted octanol–water partition coefficient (Wildman–Crippen LogP) is 6.71. The van der Waals surface area contributed by atoms with Gasteiger partial charge < -0.3 is 15.0 Å². The number of rotatable bonds is 7. The summed E-state index contributed by atoms with van der Waals surface area (Å²) < 4.78 is 84.7. The number of ether oxygens (including phenoxy) is 1. The molecule has 4 nitrogen and oxygen atoms in total. The molecule has 39 heavy (non-hydrogen) atoms. The van der Waals surface area contributed by atoms with Gasteiger partial charge in [0, 0.05) is 19.7 Å². The first kappa shape index (κ1) is 29.4. The van der Waals surface area contributed by atoms with Crippen molar-refractivity contribution in [2.24, 2.45) is 5.41 Å². The number of piperidine rings is 1. The highest BCUT2D eigenvalue weighted by molar-refractivity contribution is 5.83. The summed E-state index contributed by atoms with van der Waals surface area (Å²) in [6.45, 7) is 3.56. The van der Waals surface area contributed by atoms with E-state index in [4.69, 9.17) is 4.74 Å². The molecule has 2 aromatic carbocycles. The third-order valence-electron chi connectivity index (χ3n) is 8.18. The molecule has 1 saturated carbocycles. The van der Waals surface area contributed by atoms with Gasteiger partial charge in [0.15, 0.2) is 0 Å². The number of methoxy groups -OCH3 is 1. The molecule has 0 bridgehead atoms. The van der Waals surface area contributed by atoms with Gasteiger partial charge >= 0.3 is 12.4 Å². The van der Waals surface area contributed by atoms with Crippen LogP contribution in [0.15, 0.2) is 42.5 Å². The standard InChI is InChI=1S/C29H34F6N2O2/c1-19-3-5-21(6-4-19)22-8-11-37(12-9-22)25-7-10-27(16-25,18-39-2)26(38)36-17-20-13-23(28(30,31)32)15-24(14-20)29(33,34)35/h3-6,13-15,22,25H,7-12,16-18H2,1-2H3,(H,36,38). The Labute approximate surface area is 224 Å². The van der Waals surface area contributed by atoms with E-state index in [0.29, 0.717) is 30.9 Å². The lowest BCUT2D eigenvalue weighted by atomic mass is 9.84. The zero-order chi connectivity index (χ0) is 28.4. The first-order chi connectivity index (χ1) is 18.3. The van der Waals surface area contributed by atoms with Gasteiger partial charge in [-0.05, 0) is 87.4 Å². The highest BCUT2D eigenvalue weighted by Crippen LogP contribution is 2.43. The molecule has 2 atom stereocenters. The number of aryl methyl sites for hydroxylation is 1. The van der Waals surface area contributed by atoms with Crippen LogP contribution in [0.25, 0.3) is 0 Å². The molecule has 1 aliphatic carbocycles. The molecule has 2 fully saturated rings. The Hall–Kier alpha value is -2.59. The van der Waals surface area contributed by atoms with Crippen LogP contribution in [0, 0.1) is 12.3 Å². The van der Waals surface area contributed by atoms with E-state index in [9.17, 15) is 31.1 Å². The minimum Gasteiger partial charge on any atom is -0.384 e. The van der Waals surface area contributed by atoms with Crippen molar-refractivity contribution < 1.29 is 35.9 Å². The molecule has 1 saturated heterocycles. The molecular weight excluding hydrogens is 522 g/mol. The van der Waals surface area contributed by atoms with Crippen LogP contribution in [0.2, 0.25) is 0 Å². The number of hydrogen-bond acceptors (Lipinski definition) is 3. The molecule has 1 aliphatic heterocycles. The Balaban J connectivity index is 1.40. The maximum absolute atomic E-state index is 13.3. The Morgan fingerprint density at radius 2 is 1.56 bits per heavy atom. The van der Waals surface area contributed by atoms with Crippen molar-refractivity contribution >= 4 is 5.91 Å². The third-order valence-corrected chi connectivity index (χ3v) is 8.18. The van der Waals surface area contributed by atoms with Gasteiger partial charge in [-0.2, -0.15) is 26.3 Å². The molecule has 0 spiro atoms. The molecule has 0 radical (unpaired) electrons. The maximum atomic E-state index is 13.3. The third kappa shape index (κ3) is 6.95. The molecule has 1 amide bonds. The van der Waals surface area contributed by atoms with Gasteiger partial charge in [0.2, 0.25) is 5.91 Å². The zero-order valence-electron chi connectivity index (χ0n) is 22.1. The molecular formula is C29H34F6N2O2. The summed E-state index contributed by atoms with van der Waals surface area (Å²) >= 11 is 0. The molecule has 10 heteroatoms. The number of amides is 1. The zero-order valence-corrected chi connectivity index (χ0v) is 22.1. The average Bonchev–Trinajstić information content (AvgIpc) is 3.32. The Morgan fingerprint density at radius 1 is 0.974 bits per heavy atom. The van der Waals surface area contributed by atoms with Crippen LogP contribution in [0.3, 0.4) is 0 Å². The van der Waals surface area contributed by atoms with E-state index in [1.807, 2.05) is 0 Å². The van der Waals surface area contributed by atoms with Gasteiger partial charge in [0.1, 0.15) is 0 Å². The van der Waals surface area contributed by atoms with Crippen molar-refractivity contribution in [3.63, 3.8) is 0 Å². The lowest BCUT2D eigenvalue weighted by molar-refractivity contribution is -0.143. The van der Waals surface area contributed by atoms with Crippen LogP contribution in [0.4, 0.5) is 26.3 Å². The molecule has 4 rings (SSSR count). The van der Waals surface area contributed by atoms with E-state index in [-0.39, 0.29) is 24.3 Å². The number of halogens is 6. The predicted molar refractivity (Wildman–Crippen MR) is 135 cm³/mol. The van der Waals surface area contributed by atoms with E-state index in [1.165, 1.54) is 18.2 Å². The van der Waals surface area contributed by atoms with Crippen LogP contribution in [-0.4, -0.2) is 43.7 Å². The second-order valence-corrected chi connectivity index (χ2v) is 10.9. The van der Waals surface area contributed by atoms with E-state index in [2.05, 4.69) is 41.4 Å². The Kier molecular flexibility index (Phi) is 8.66. The number of nitrogens with one attached hydrogen (secondary N) is 1. The molecule has 2 aliphatic rings. The number of carbonyl (C=O) groups excluding carboxylic acids is 1. The van der Waals surface area contributed by atoms with Gasteiger partial charge in [-0.1, -0.05) is 29.8 Å². The maximum Gasteiger partial charge on any atom is 0.416 e. The number of hydrogen-bond donors (Lipinski definition) is 1. The number of alkyl halides is 6. The number of likely N-dealkylation sites (tertiary alicyclic amines) is 1. The minimum absolute atomic E-state index is 0.0846. The smallest absolute Gasteiger partial charge is 0.384 e. The summed E-state index contributed by atoms with van der Waals surface area (Å²) in [4.78, 5) is 15.7. The van der Waals surface area contributed by atoms with Gasteiger partial charge in [-0.3, -0.25) is 4.79 Å². The summed E-state index contributed by atoms with van der Waals surface area (Å²) in [7, 11) is 1.48. The summed E-state index contributed by atoms with van der Waals surface area (Å²) in [5.41, 5.74) is -1.38. The molecule has 214 valence electrons. The van der Waals surface area contributed by atoms with E-state index in [1.54, 1.807) is 0 Å². The van der Waals surface area contributed by atoms with Gasteiger partial charge in [-0.25, -0.2) is 0 Å². The fourth-order valence-corrected chi connectivity index (χ4v) is 6.02. The summed E-state index contributed by atoms with van der Waals surface area (Å²) in [6.07, 6.45) is -6.02. The second-order valence-electron chi connectivity index (χ2n) is 10.9. The van der Waals surface area contributed by atoms with Gasteiger partial charge in [0.25, 0.3) is 0 Å². The first-order valence-corrected chi connectivity index (χ1v) is 13.2. The van der Waals surface area contributed by atoms with E-state index < -0.39 is 41.3 Å². The molecule has 1 heterocycles. The highest BCUT2D eigenvalue weighted by Gasteiger charge is 2.47. The van der Waals surface area contributed by atoms with Crippen LogP contribution in [0.5, 0.6) is 0 Å². The SMILES string of the molecule is COCC1(C(=O)NCc2cc(C(F)(F)F)cc(C(F)(F)F)c2)CCC(N2CCC(c3ccc(C)cc3)CC2)C1. The van der Waals surface area contributed by atoms with E-state index in [0.717, 1.165) is 32.4 Å². The van der Waals surface area contributed by atoms with Crippen molar-refractivity contribution in [3.05, 3.63) is 70.3 Å². The molecule has 2 unspecified atom stereocenters. The fourth-order valence-electron chi connectivity index (χ4n) is 6.02. The second kappa shape index (κ2) is 11.5. The van der Waals surface area contributed by atoms with Crippen LogP contribution < -0.4 is 5.32 Å². The number of nitrogens with zero attached hydrogens (tertiary/aromatic N) is 1. The summed E-state index contributed by atoms with van der Waals surface area (Å²) in [5, 5.41) is 2.61. The van der Waals surface area contributed by atoms with Crippen LogP contribution >= 0.6 is 0 Å². The van der Waals surface area contributed by atoms with Crippen LogP contribution in [-0.2, 0) is 28.4 Å². The van der Waals surface area contributed by atoms with Crippen LogP contribution in [0.1, 0.15) is 65.8 Å². The quantitative estimate of drug-likeness (QED) is 0.386. The van der Waals surface area contributed by atoms with Crippen molar-refractivity contribution in [2.75, 3.05) is 26.8 Å².